The molecule has 0 N–H and O–H groups in total. The van der Waals surface area contributed by atoms with Crippen LogP contribution in [-0.4, -0.2) is 4.98 Å². The van der Waals surface area contributed by atoms with Gasteiger partial charge in [0.15, 0.2) is 0 Å². The molecular formula is C30H23N. The maximum Gasteiger partial charge on any atom is 0.0780 e. The Morgan fingerprint density at radius 2 is 1.58 bits per heavy atom. The highest BCUT2D eigenvalue weighted by molar-refractivity contribution is 6.11. The summed E-state index contributed by atoms with van der Waals surface area (Å²) in [6, 6.07) is 28.9. The maximum absolute atomic E-state index is 4.82. The second-order valence-electron chi connectivity index (χ2n) is 8.40. The first kappa shape index (κ1) is 18.1. The zero-order chi connectivity index (χ0) is 20.8. The number of nitrogens with zero attached hydrogens (tertiary/aromatic N) is 1. The predicted molar refractivity (Wildman–Crippen MR) is 131 cm³/mol. The average molecular weight is 398 g/mol. The molecule has 0 saturated heterocycles. The van der Waals surface area contributed by atoms with Crippen LogP contribution in [0.1, 0.15) is 16.7 Å². The molecule has 31 heavy (non-hydrogen) atoms. The molecular weight excluding hydrogens is 374 g/mol. The molecule has 1 heteroatoms. The van der Waals surface area contributed by atoms with Crippen molar-refractivity contribution >= 4 is 21.5 Å². The average Bonchev–Trinajstić information content (AvgIpc) is 2.83. The van der Waals surface area contributed by atoms with Crippen molar-refractivity contribution in [3.8, 4) is 22.4 Å². The Hall–Kier alpha value is -3.71. The summed E-state index contributed by atoms with van der Waals surface area (Å²) in [7, 11) is 0. The van der Waals surface area contributed by atoms with E-state index in [9.17, 15) is 0 Å². The van der Waals surface area contributed by atoms with Crippen LogP contribution in [0.25, 0.3) is 43.9 Å². The molecule has 1 aliphatic carbocycles. The van der Waals surface area contributed by atoms with Crippen LogP contribution in [-0.2, 0) is 19.3 Å². The van der Waals surface area contributed by atoms with Crippen LogP contribution in [0.5, 0.6) is 0 Å². The molecule has 1 nitrogen and oxygen atoms in total. The number of aryl methyl sites for hydroxylation is 2. The molecule has 0 aliphatic heterocycles. The molecule has 0 bridgehead atoms. The van der Waals surface area contributed by atoms with Crippen molar-refractivity contribution in [2.45, 2.75) is 19.3 Å². The Balaban J connectivity index is 1.53. The van der Waals surface area contributed by atoms with E-state index in [0.29, 0.717) is 0 Å². The van der Waals surface area contributed by atoms with Gasteiger partial charge in [-0.15, -0.1) is 6.58 Å². The number of hydrogen-bond acceptors (Lipinski definition) is 1. The first-order valence-corrected chi connectivity index (χ1v) is 10.9. The minimum Gasteiger partial charge on any atom is -0.256 e. The van der Waals surface area contributed by atoms with E-state index in [-0.39, 0.29) is 0 Å². The lowest BCUT2D eigenvalue weighted by Gasteiger charge is -2.20. The highest BCUT2D eigenvalue weighted by Gasteiger charge is 2.17. The van der Waals surface area contributed by atoms with Gasteiger partial charge in [-0.05, 0) is 75.4 Å². The minimum absolute atomic E-state index is 0.885. The molecule has 0 spiro atoms. The number of pyridine rings is 1. The Morgan fingerprint density at radius 3 is 2.52 bits per heavy atom. The third kappa shape index (κ3) is 2.97. The number of aromatic nitrogens is 1. The second kappa shape index (κ2) is 7.21. The third-order valence-corrected chi connectivity index (χ3v) is 6.56. The molecule has 0 fully saturated rings. The van der Waals surface area contributed by atoms with E-state index in [4.69, 9.17) is 4.98 Å². The van der Waals surface area contributed by atoms with Crippen LogP contribution >= 0.6 is 0 Å². The molecule has 0 amide bonds. The Morgan fingerprint density at radius 1 is 0.742 bits per heavy atom. The topological polar surface area (TPSA) is 12.9 Å². The van der Waals surface area contributed by atoms with Crippen LogP contribution in [0.3, 0.4) is 0 Å². The van der Waals surface area contributed by atoms with Crippen molar-refractivity contribution in [2.24, 2.45) is 0 Å². The summed E-state index contributed by atoms with van der Waals surface area (Å²) < 4.78 is 0. The third-order valence-electron chi connectivity index (χ3n) is 6.56. The van der Waals surface area contributed by atoms with Gasteiger partial charge in [0.2, 0.25) is 0 Å². The lowest BCUT2D eigenvalue weighted by atomic mass is 9.84. The summed E-state index contributed by atoms with van der Waals surface area (Å²) >= 11 is 0. The zero-order valence-electron chi connectivity index (χ0n) is 17.4. The molecule has 1 aliphatic rings. The van der Waals surface area contributed by atoms with Gasteiger partial charge >= 0.3 is 0 Å². The number of rotatable bonds is 3. The van der Waals surface area contributed by atoms with E-state index in [0.717, 1.165) is 25.0 Å². The minimum atomic E-state index is 0.885. The fraction of sp³-hybridized carbons (Fsp3) is 0.100. The molecule has 148 valence electrons. The van der Waals surface area contributed by atoms with Crippen LogP contribution in [0.15, 0.2) is 97.7 Å². The summed E-state index contributed by atoms with van der Waals surface area (Å²) in [6.07, 6.45) is 6.98. The van der Waals surface area contributed by atoms with Gasteiger partial charge in [0.1, 0.15) is 0 Å². The molecule has 0 unspecified atom stereocenters. The maximum atomic E-state index is 4.82. The number of fused-ring (bicyclic) bond motifs is 6. The van der Waals surface area contributed by atoms with Gasteiger partial charge < -0.3 is 0 Å². The van der Waals surface area contributed by atoms with Crippen LogP contribution < -0.4 is 0 Å². The smallest absolute Gasteiger partial charge is 0.0780 e. The second-order valence-corrected chi connectivity index (χ2v) is 8.40. The summed E-state index contributed by atoms with van der Waals surface area (Å²) in [5.41, 5.74) is 9.17. The highest BCUT2D eigenvalue weighted by atomic mass is 14.7. The van der Waals surface area contributed by atoms with Crippen LogP contribution in [0.2, 0.25) is 0 Å². The molecule has 0 atom stereocenters. The monoisotopic (exact) mass is 397 g/mol. The van der Waals surface area contributed by atoms with Gasteiger partial charge in [-0.25, -0.2) is 0 Å². The lowest BCUT2D eigenvalue weighted by Crippen LogP contribution is -2.04. The predicted octanol–water partition coefficient (Wildman–Crippen LogP) is 7.55. The van der Waals surface area contributed by atoms with E-state index in [2.05, 4.69) is 85.4 Å². The summed E-state index contributed by atoms with van der Waals surface area (Å²) in [5.74, 6) is 0. The fourth-order valence-electron chi connectivity index (χ4n) is 5.04. The Kier molecular flexibility index (Phi) is 4.21. The van der Waals surface area contributed by atoms with Gasteiger partial charge in [-0.2, -0.15) is 0 Å². The van der Waals surface area contributed by atoms with E-state index in [1.165, 1.54) is 54.9 Å². The van der Waals surface area contributed by atoms with Gasteiger partial charge in [0.05, 0.1) is 5.69 Å². The number of benzene rings is 4. The zero-order valence-corrected chi connectivity index (χ0v) is 17.4. The van der Waals surface area contributed by atoms with Gasteiger partial charge in [0, 0.05) is 17.1 Å². The highest BCUT2D eigenvalue weighted by Crippen LogP contribution is 2.37. The molecule has 0 radical (unpaired) electrons. The van der Waals surface area contributed by atoms with Crippen molar-refractivity contribution in [3.05, 3.63) is 114 Å². The standard InChI is InChI=1S/C30H23N/c1-2-5-20-8-9-22-12-15-28-27(29(22)18-20)16-17-31-30(28)24-13-14-26-23(19-24)11-10-21-6-3-4-7-25(21)26/h2-4,6-9,12-19H,1,5,10-11H2. The SMILES string of the molecule is C=CCc1ccc2ccc3c(-c4ccc5c(c4)CCc4ccccc4-5)nccc3c2c1. The first-order chi connectivity index (χ1) is 15.3. The molecule has 0 saturated carbocycles. The summed E-state index contributed by atoms with van der Waals surface area (Å²) in [6.45, 7) is 3.89. The normalized spacial score (nSPS) is 12.5. The van der Waals surface area contributed by atoms with E-state index >= 15 is 0 Å². The molecule has 1 aromatic heterocycles. The summed E-state index contributed by atoms with van der Waals surface area (Å²) in [5, 5.41) is 5.02. The van der Waals surface area contributed by atoms with Gasteiger partial charge in [-0.3, -0.25) is 4.98 Å². The van der Waals surface area contributed by atoms with Crippen molar-refractivity contribution in [3.63, 3.8) is 0 Å². The molecule has 1 heterocycles. The van der Waals surface area contributed by atoms with Crippen molar-refractivity contribution in [2.75, 3.05) is 0 Å². The quantitative estimate of drug-likeness (QED) is 0.226. The van der Waals surface area contributed by atoms with Crippen molar-refractivity contribution in [1.29, 1.82) is 0 Å². The summed E-state index contributed by atoms with van der Waals surface area (Å²) in [4.78, 5) is 4.82. The molecule has 4 aromatic carbocycles. The number of hydrogen-bond donors (Lipinski definition) is 0. The fourth-order valence-corrected chi connectivity index (χ4v) is 5.04. The van der Waals surface area contributed by atoms with Gasteiger partial charge in [-0.1, -0.05) is 72.8 Å². The van der Waals surface area contributed by atoms with Gasteiger partial charge in [0.25, 0.3) is 0 Å². The van der Waals surface area contributed by atoms with Crippen molar-refractivity contribution in [1.82, 2.24) is 4.98 Å². The van der Waals surface area contributed by atoms with Crippen molar-refractivity contribution < 1.29 is 0 Å². The lowest BCUT2D eigenvalue weighted by molar-refractivity contribution is 0.942. The number of allylic oxidation sites excluding steroid dienone is 1. The Labute approximate surface area is 182 Å². The van der Waals surface area contributed by atoms with Crippen LogP contribution in [0.4, 0.5) is 0 Å². The first-order valence-electron chi connectivity index (χ1n) is 10.9. The van der Waals surface area contributed by atoms with E-state index < -0.39 is 0 Å². The van der Waals surface area contributed by atoms with Crippen LogP contribution in [0, 0.1) is 0 Å². The molecule has 6 rings (SSSR count). The van der Waals surface area contributed by atoms with E-state index in [1.807, 2.05) is 12.3 Å². The largest absolute Gasteiger partial charge is 0.256 e. The Bertz CT molecular complexity index is 1480. The van der Waals surface area contributed by atoms with E-state index in [1.54, 1.807) is 0 Å². The molecule has 5 aromatic rings.